The molecule has 0 aliphatic heterocycles. The molecule has 0 spiro atoms. The highest BCUT2D eigenvalue weighted by Gasteiger charge is 2.65. The van der Waals surface area contributed by atoms with Gasteiger partial charge in [0, 0.05) is 105 Å². The minimum Gasteiger partial charge on any atom is -0.508 e. The first-order valence-electron chi connectivity index (χ1n) is 26.1. The van der Waals surface area contributed by atoms with Gasteiger partial charge in [-0.3, -0.25) is 38.6 Å². The van der Waals surface area contributed by atoms with E-state index >= 15 is 0 Å². The van der Waals surface area contributed by atoms with Gasteiger partial charge in [-0.1, -0.05) is 20.8 Å². The lowest BCUT2D eigenvalue weighted by molar-refractivity contribution is -0.153. The van der Waals surface area contributed by atoms with Gasteiger partial charge in [-0.15, -0.1) is 0 Å². The van der Waals surface area contributed by atoms with Crippen LogP contribution in [0, 0.1) is 23.2 Å². The average Bonchev–Trinajstić information content (AvgIpc) is 3.48. The maximum Gasteiger partial charge on any atom is 0.258 e. The second-order valence-corrected chi connectivity index (χ2v) is 24.6. The van der Waals surface area contributed by atoms with Gasteiger partial charge in [0.05, 0.1) is 28.6 Å². The molecule has 0 bridgehead atoms. The summed E-state index contributed by atoms with van der Waals surface area (Å²) in [5.74, 6) is -14.4. The van der Waals surface area contributed by atoms with Crippen LogP contribution in [0.2, 0.25) is 0 Å². The van der Waals surface area contributed by atoms with Crippen LogP contribution in [0.25, 0.3) is 16.5 Å². The van der Waals surface area contributed by atoms with Crippen LogP contribution in [0.15, 0.2) is 46.4 Å². The summed E-state index contributed by atoms with van der Waals surface area (Å²) in [6.07, 6.45) is -0.238. The number of ketones is 4. The van der Waals surface area contributed by atoms with Crippen molar-refractivity contribution in [2.45, 2.75) is 95.8 Å². The number of anilines is 2. The van der Waals surface area contributed by atoms with Gasteiger partial charge in [-0.05, 0) is 102 Å². The molecule has 426 valence electrons. The quantitative estimate of drug-likeness (QED) is 0.103. The van der Waals surface area contributed by atoms with Crippen LogP contribution >= 0.6 is 0 Å². The van der Waals surface area contributed by atoms with Crippen molar-refractivity contribution in [1.82, 2.24) is 25.8 Å². The maximum absolute atomic E-state index is 14.9. The Morgan fingerprint density at radius 1 is 0.658 bits per heavy atom. The Morgan fingerprint density at radius 3 is 1.73 bits per heavy atom. The third-order valence-electron chi connectivity index (χ3n) is 16.4. The molecule has 13 N–H and O–H groups in total. The normalized spacial score (nSPS) is 25.2. The second kappa shape index (κ2) is 19.9. The molecule has 0 aromatic heterocycles. The highest BCUT2D eigenvalue weighted by Crippen LogP contribution is 2.55. The van der Waals surface area contributed by atoms with E-state index in [4.69, 9.17) is 5.73 Å². The zero-order chi connectivity index (χ0) is 58.8. The van der Waals surface area contributed by atoms with E-state index in [0.717, 1.165) is 0 Å². The molecule has 0 radical (unpaired) electrons. The van der Waals surface area contributed by atoms with E-state index in [1.807, 2.05) is 20.8 Å². The van der Waals surface area contributed by atoms with Crippen LogP contribution in [0.3, 0.4) is 0 Å². The topological polar surface area (TPSA) is 339 Å². The standard InChI is InChI=1S/C57H74N8O14/c1-54(2,3)22-59-20-26-18-32(62(6)7)28-15-25-17-31-41(65(12)13)47(71)39(51(75)57(31,79)49(73)35(25)45(69)36(28)42(26)66)53(77)61-55(4,5)23-60-21-27-19-33(63(8)9)29-14-24-16-30-40(64(10)11)46(70)38(52(58)76)50(74)56(30,78)48(72)34(24)44(68)37(29)43(27)67/h15,18-19,24,30-31,40-41,59-60,66-69,74-75,78-79H,14,16-17,20-23H2,1-13H3,(H2,58,76)(H,61,77)/t24-,30-,31-,40+,41-,56-,57-/m0/s1. The predicted molar refractivity (Wildman–Crippen MR) is 294 cm³/mol. The molecule has 8 rings (SSSR count). The molecule has 22 nitrogen and oxygen atoms in total. The Labute approximate surface area is 457 Å². The highest BCUT2D eigenvalue weighted by atomic mass is 16.4. The van der Waals surface area contributed by atoms with E-state index in [1.165, 1.54) is 38.0 Å². The molecule has 2 amide bonds. The van der Waals surface area contributed by atoms with Crippen molar-refractivity contribution in [3.05, 3.63) is 79.8 Å². The number of aromatic hydroxyl groups is 3. The highest BCUT2D eigenvalue weighted by molar-refractivity contribution is 6.26. The number of phenolic OH excluding ortho intramolecular Hbond substituents is 3. The van der Waals surface area contributed by atoms with Crippen molar-refractivity contribution < 1.29 is 69.6 Å². The Hall–Kier alpha value is -7.08. The molecule has 1 saturated carbocycles. The number of hydrogen-bond acceptors (Lipinski definition) is 20. The fourth-order valence-electron chi connectivity index (χ4n) is 12.7. The lowest BCUT2D eigenvalue weighted by Gasteiger charge is -2.50. The van der Waals surface area contributed by atoms with Crippen molar-refractivity contribution in [2.75, 3.05) is 79.3 Å². The van der Waals surface area contributed by atoms with Gasteiger partial charge in [0.2, 0.25) is 11.6 Å². The number of primary amides is 1. The van der Waals surface area contributed by atoms with Crippen LogP contribution in [0.1, 0.15) is 79.2 Å². The Bertz CT molecular complexity index is 3280. The summed E-state index contributed by atoms with van der Waals surface area (Å²) in [7, 11) is 13.1. The third-order valence-corrected chi connectivity index (χ3v) is 16.4. The molecule has 3 aromatic rings. The molecule has 0 saturated heterocycles. The number of hydrogen-bond donors (Lipinski definition) is 12. The Morgan fingerprint density at radius 2 is 1.18 bits per heavy atom. The number of aliphatic hydroxyl groups excluding tert-OH is 3. The molecule has 22 heteroatoms. The lowest BCUT2D eigenvalue weighted by atomic mass is 9.57. The summed E-state index contributed by atoms with van der Waals surface area (Å²) < 4.78 is 0. The lowest BCUT2D eigenvalue weighted by Crippen LogP contribution is -2.65. The monoisotopic (exact) mass is 1090 g/mol. The van der Waals surface area contributed by atoms with Crippen molar-refractivity contribution in [3.63, 3.8) is 0 Å². The first kappa shape index (κ1) is 58.1. The summed E-state index contributed by atoms with van der Waals surface area (Å²) in [6.45, 7) is 9.91. The molecule has 5 aliphatic rings. The molecule has 0 unspecified atom stereocenters. The van der Waals surface area contributed by atoms with E-state index in [1.54, 1.807) is 70.0 Å². The SMILES string of the molecule is CN(C)c1cc(CNCC(C)(C)NC(=O)C2=C(O)[C@@]3(O)C(=O)c4c(cc5c(N(C)C)cc(CNCC(C)(C)C)c(O)c5c4O)C[C@H]3[C@H](N(C)C)C2=O)c(O)c2c1C[C@H]1C[C@H]3[C@@H](N(C)C)C(=O)C(C(N)=O)=C(O)[C@@]3(O)C(=O)C1=C2O. The number of likely N-dealkylation sites (N-methyl/N-ethyl adjacent to an activating group) is 2. The fourth-order valence-corrected chi connectivity index (χ4v) is 12.7. The number of nitrogens with two attached hydrogens (primary N) is 1. The number of benzene rings is 3. The van der Waals surface area contributed by atoms with Crippen molar-refractivity contribution >= 4 is 62.9 Å². The molecule has 0 heterocycles. The number of rotatable bonds is 14. The number of nitrogens with one attached hydrogen (secondary N) is 3. The molecular weight excluding hydrogens is 1020 g/mol. The summed E-state index contributed by atoms with van der Waals surface area (Å²) in [4.78, 5) is 90.8. The van der Waals surface area contributed by atoms with Gasteiger partial charge >= 0.3 is 0 Å². The Balaban J connectivity index is 1.09. The molecule has 5 aliphatic carbocycles. The average molecular weight is 1100 g/mol. The van der Waals surface area contributed by atoms with Crippen LogP contribution in [-0.2, 0) is 49.9 Å². The van der Waals surface area contributed by atoms with Crippen LogP contribution in [0.5, 0.6) is 17.2 Å². The van der Waals surface area contributed by atoms with Gasteiger partial charge in [0.25, 0.3) is 11.8 Å². The number of amides is 2. The number of aliphatic hydroxyl groups is 5. The van der Waals surface area contributed by atoms with Crippen molar-refractivity contribution in [1.29, 1.82) is 0 Å². The van der Waals surface area contributed by atoms with E-state index < -0.39 is 121 Å². The summed E-state index contributed by atoms with van der Waals surface area (Å²) in [5, 5.41) is 105. The fraction of sp³-hybridized carbons (Fsp3) is 0.509. The van der Waals surface area contributed by atoms with Gasteiger partial charge < -0.3 is 72.3 Å². The van der Waals surface area contributed by atoms with Crippen molar-refractivity contribution in [3.8, 4) is 17.2 Å². The molecule has 79 heavy (non-hydrogen) atoms. The third kappa shape index (κ3) is 9.15. The molecule has 3 aromatic carbocycles. The summed E-state index contributed by atoms with van der Waals surface area (Å²) >= 11 is 0. The number of carbonyl (C=O) groups is 6. The number of Topliss-reactive ketones (excluding diaryl/α,β-unsaturated/α-hetero) is 4. The van der Waals surface area contributed by atoms with Crippen molar-refractivity contribution in [2.24, 2.45) is 28.9 Å². The molecule has 7 atom stereocenters. The second-order valence-electron chi connectivity index (χ2n) is 24.6. The van der Waals surface area contributed by atoms with Crippen LogP contribution in [-0.4, -0.2) is 184 Å². The predicted octanol–water partition coefficient (Wildman–Crippen LogP) is 1.89. The number of carbonyl (C=O) groups excluding carboxylic acids is 6. The van der Waals surface area contributed by atoms with Gasteiger partial charge in [0.1, 0.15) is 45.7 Å². The minimum absolute atomic E-state index is 0.0571. The number of nitrogens with zero attached hydrogens (tertiary/aromatic N) is 4. The number of fused-ring (bicyclic) bond motifs is 6. The zero-order valence-corrected chi connectivity index (χ0v) is 47.0. The number of phenols is 3. The molecule has 1 fully saturated rings. The Kier molecular flexibility index (Phi) is 14.6. The first-order chi connectivity index (χ1) is 36.5. The van der Waals surface area contributed by atoms with E-state index in [-0.39, 0.29) is 83.3 Å². The van der Waals surface area contributed by atoms with Crippen LogP contribution < -0.4 is 31.5 Å². The smallest absolute Gasteiger partial charge is 0.258 e. The largest absolute Gasteiger partial charge is 0.508 e. The first-order valence-corrected chi connectivity index (χ1v) is 26.1. The van der Waals surface area contributed by atoms with E-state index in [0.29, 0.717) is 34.4 Å². The van der Waals surface area contributed by atoms with Gasteiger partial charge in [-0.2, -0.15) is 0 Å². The molecular formula is C57H74N8O14. The van der Waals surface area contributed by atoms with Gasteiger partial charge in [0.15, 0.2) is 22.8 Å². The van der Waals surface area contributed by atoms with E-state index in [9.17, 15) is 69.6 Å². The maximum atomic E-state index is 14.9. The summed E-state index contributed by atoms with van der Waals surface area (Å²) in [5.41, 5.74) is -1.76. The zero-order valence-electron chi connectivity index (χ0n) is 47.0. The minimum atomic E-state index is -2.90. The van der Waals surface area contributed by atoms with Gasteiger partial charge in [-0.25, -0.2) is 0 Å². The van der Waals surface area contributed by atoms with E-state index in [2.05, 4.69) is 16.0 Å². The summed E-state index contributed by atoms with van der Waals surface area (Å²) in [6, 6.07) is 2.50. The van der Waals surface area contributed by atoms with Crippen LogP contribution in [0.4, 0.5) is 11.4 Å².